The van der Waals surface area contributed by atoms with Gasteiger partial charge in [-0.05, 0) is 222 Å². The van der Waals surface area contributed by atoms with E-state index in [1.165, 1.54) is 70.9 Å². The predicted molar refractivity (Wildman–Crippen MR) is 353 cm³/mol. The summed E-state index contributed by atoms with van der Waals surface area (Å²) >= 11 is 2.06. The molecule has 0 saturated heterocycles. The lowest BCUT2D eigenvalue weighted by Gasteiger charge is -2.48. The number of hydrogen-bond acceptors (Lipinski definition) is 4. The number of hydrogen-bond donors (Lipinski definition) is 0. The first kappa shape index (κ1) is 49.0. The van der Waals surface area contributed by atoms with Crippen molar-refractivity contribution in [1.82, 2.24) is 0 Å². The molecule has 0 unspecified atom stereocenters. The van der Waals surface area contributed by atoms with Gasteiger partial charge in [0.15, 0.2) is 0 Å². The summed E-state index contributed by atoms with van der Waals surface area (Å²) < 4.78 is 48.7. The predicted octanol–water partition coefficient (Wildman–Crippen LogP) is 20.0. The molecule has 0 saturated carbocycles. The van der Waals surface area contributed by atoms with Crippen LogP contribution in [0.1, 0.15) is 239 Å². The van der Waals surface area contributed by atoms with Gasteiger partial charge in [0.1, 0.15) is 0 Å². The number of nitrogens with zero attached hydrogens (tertiary/aromatic N) is 3. The fraction of sp³-hybridized carbons (Fsp3) is 0.474. The molecule has 0 bridgehead atoms. The van der Waals surface area contributed by atoms with Crippen LogP contribution in [0.5, 0.6) is 0 Å². The smallest absolute Gasteiger partial charge is 0.264 e. The normalized spacial score (nSPS) is 22.2. The molecule has 0 spiro atoms. The van der Waals surface area contributed by atoms with E-state index in [-0.39, 0.29) is 85.3 Å². The van der Waals surface area contributed by atoms with Crippen molar-refractivity contribution in [3.8, 4) is 0 Å². The number of anilines is 9. The third kappa shape index (κ3) is 8.35. The molecule has 0 fully saturated rings. The van der Waals surface area contributed by atoms with E-state index in [0.29, 0.717) is 0 Å². The minimum absolute atomic E-state index is 0.00438. The van der Waals surface area contributed by atoms with Crippen LogP contribution in [0.25, 0.3) is 0 Å². The van der Waals surface area contributed by atoms with Crippen molar-refractivity contribution in [3.63, 3.8) is 0 Å². The second-order valence-corrected chi connectivity index (χ2v) is 33.2. The molecule has 4 aliphatic carbocycles. The Kier molecular flexibility index (Phi) is 10.6. The van der Waals surface area contributed by atoms with E-state index < -0.39 is 6.04 Å². The Bertz CT molecular complexity index is 4010. The molecule has 7 aromatic rings. The van der Waals surface area contributed by atoms with Crippen LogP contribution < -0.4 is 30.4 Å². The van der Waals surface area contributed by atoms with E-state index in [1.807, 2.05) is 4.90 Å². The van der Waals surface area contributed by atoms with Crippen molar-refractivity contribution < 1.29 is 6.85 Å². The molecule has 6 aromatic carbocycles. The van der Waals surface area contributed by atoms with Crippen molar-refractivity contribution in [3.05, 3.63) is 165 Å². The van der Waals surface area contributed by atoms with Gasteiger partial charge in [0.05, 0.1) is 18.2 Å². The van der Waals surface area contributed by atoms with Crippen molar-refractivity contribution in [2.24, 2.45) is 0 Å². The van der Waals surface area contributed by atoms with Crippen molar-refractivity contribution >= 4 is 84.9 Å². The third-order valence-corrected chi connectivity index (χ3v) is 23.3. The van der Waals surface area contributed by atoms with Gasteiger partial charge >= 0.3 is 0 Å². The molecule has 3 heterocycles. The van der Waals surface area contributed by atoms with Gasteiger partial charge < -0.3 is 14.7 Å². The van der Waals surface area contributed by atoms with Crippen LogP contribution >= 0.6 is 11.3 Å². The van der Waals surface area contributed by atoms with Crippen LogP contribution in [-0.2, 0) is 48.7 Å². The maximum absolute atomic E-state index is 9.88. The van der Waals surface area contributed by atoms with E-state index in [4.69, 9.17) is 1.37 Å². The van der Waals surface area contributed by atoms with E-state index >= 15 is 0 Å². The maximum atomic E-state index is 9.88. The Morgan fingerprint density at radius 1 is 0.444 bits per heavy atom. The Balaban J connectivity index is 1.24. The van der Waals surface area contributed by atoms with Gasteiger partial charge in [0.2, 0.25) is 0 Å². The van der Waals surface area contributed by atoms with Crippen molar-refractivity contribution in [1.29, 1.82) is 0 Å². The number of rotatable bonds is 5. The molecule has 1 aromatic heterocycles. The van der Waals surface area contributed by atoms with Gasteiger partial charge in [-0.25, -0.2) is 0 Å². The molecule has 0 N–H and O–H groups in total. The first-order valence-electron chi connectivity index (χ1n) is 33.2. The number of para-hydroxylation sites is 1. The summed E-state index contributed by atoms with van der Waals surface area (Å²) in [4.78, 5) is 8.74. The highest BCUT2D eigenvalue weighted by molar-refractivity contribution is 7.29. The van der Waals surface area contributed by atoms with Crippen LogP contribution in [0.3, 0.4) is 0 Å². The lowest BCUT2D eigenvalue weighted by Crippen LogP contribution is -2.61. The molecular formula is C76H92BN3S. The Morgan fingerprint density at radius 3 is 1.41 bits per heavy atom. The molecule has 2 aliphatic heterocycles. The van der Waals surface area contributed by atoms with Crippen LogP contribution in [-0.4, -0.2) is 6.71 Å². The lowest BCUT2D eigenvalue weighted by molar-refractivity contribution is 0.332. The van der Waals surface area contributed by atoms with Gasteiger partial charge in [-0.2, -0.15) is 11.3 Å². The SMILES string of the molecule is [2H]c1c([2H])c([2H])c(N(c2ccc(C(C)(C)C)cc2)c2cc3c4c(c2)N(c2ccc5c(c2)C(C)(C)CCC5(C)C)c2c(sc5c2C(C)(C)CCC5(C)C)B4c2cc4c(cc2N3c2ccc3c(c2)C(C)(C)CCC3(C)C)C(C)(C)CCC4(C)C)c([2H])c1[2H]. The third-order valence-electron chi connectivity index (χ3n) is 21.7. The van der Waals surface area contributed by atoms with E-state index in [2.05, 4.69) is 238 Å². The Hall–Kier alpha value is -5.52. The average Bonchev–Trinajstić information content (AvgIpc) is 1.30. The highest BCUT2D eigenvalue weighted by Gasteiger charge is 2.53. The molecule has 0 atom stereocenters. The van der Waals surface area contributed by atoms with Crippen molar-refractivity contribution in [2.75, 3.05) is 14.7 Å². The first-order valence-corrected chi connectivity index (χ1v) is 31.5. The maximum Gasteiger partial charge on any atom is 0.264 e. The van der Waals surface area contributed by atoms with Crippen LogP contribution in [0.15, 0.2) is 115 Å². The fourth-order valence-electron chi connectivity index (χ4n) is 15.8. The molecule has 6 aliphatic rings. The summed E-state index contributed by atoms with van der Waals surface area (Å²) in [5.41, 5.74) is 21.3. The van der Waals surface area contributed by atoms with Gasteiger partial charge in [0.25, 0.3) is 6.71 Å². The minimum atomic E-state index is -0.407. The first-order chi connectivity index (χ1) is 39.8. The molecule has 3 nitrogen and oxygen atoms in total. The average molecular weight is 1100 g/mol. The topological polar surface area (TPSA) is 9.72 Å². The summed E-state index contributed by atoms with van der Waals surface area (Å²) in [5.74, 6) is 0. The summed E-state index contributed by atoms with van der Waals surface area (Å²) in [6.45, 7) is 45.7. The minimum Gasteiger partial charge on any atom is -0.311 e. The standard InChI is InChI=1S/C76H92BN3S/c1-68(2,3)47-25-27-49(28-26-47)78(48-23-21-20-22-24-48)52-43-61-64-62(44-52)80(51-30-32-54-56(42-51)72(10,11)36-34-70(54,6)7)65-63-66(76(18,19)40-39-75(63,16)17)81-67(65)77(64)59-45-57-58(74(14,15)38-37-73(57,12)13)46-60(59)79(61)50-29-31-53-55(41-50)71(8,9)35-33-69(53,4)5/h20-32,41-46H,33-40H2,1-19H3/i20D,21D,22D,23D,24D. The molecule has 13 rings (SSSR count). The summed E-state index contributed by atoms with van der Waals surface area (Å²) in [7, 11) is 0. The van der Waals surface area contributed by atoms with Gasteiger partial charge in [-0.15, -0.1) is 0 Å². The van der Waals surface area contributed by atoms with Crippen LogP contribution in [0, 0.1) is 0 Å². The van der Waals surface area contributed by atoms with Crippen molar-refractivity contribution in [2.45, 2.75) is 232 Å². The van der Waals surface area contributed by atoms with E-state index in [9.17, 15) is 5.48 Å². The monoisotopic (exact) mass is 1090 g/mol. The second-order valence-electron chi connectivity index (χ2n) is 32.1. The largest absolute Gasteiger partial charge is 0.311 e. The number of fused-ring (bicyclic) bond motifs is 9. The lowest BCUT2D eigenvalue weighted by atomic mass is 9.35. The summed E-state index contributed by atoms with van der Waals surface area (Å²) in [6.07, 6.45) is 8.73. The van der Waals surface area contributed by atoms with Gasteiger partial charge in [-0.1, -0.05) is 180 Å². The highest BCUT2D eigenvalue weighted by atomic mass is 32.1. The molecular weight excluding hydrogens is 998 g/mol. The van der Waals surface area contributed by atoms with Gasteiger partial charge in [-0.3, -0.25) is 0 Å². The second kappa shape index (κ2) is 17.5. The molecule has 0 radical (unpaired) electrons. The molecule has 420 valence electrons. The molecule has 0 amide bonds. The number of thiophene rings is 1. The molecule has 81 heavy (non-hydrogen) atoms. The van der Waals surface area contributed by atoms with Gasteiger partial charge in [0, 0.05) is 49.5 Å². The van der Waals surface area contributed by atoms with Crippen LogP contribution in [0.2, 0.25) is 0 Å². The highest BCUT2D eigenvalue weighted by Crippen LogP contribution is 2.59. The number of benzene rings is 6. The van der Waals surface area contributed by atoms with Crippen LogP contribution in [0.4, 0.5) is 51.2 Å². The molecule has 5 heteroatoms. The summed E-state index contributed by atoms with van der Waals surface area (Å²) in [5, 5.41) is 0. The van der Waals surface area contributed by atoms with E-state index in [1.54, 1.807) is 0 Å². The Labute approximate surface area is 500 Å². The quantitative estimate of drug-likeness (QED) is 0.159. The fourth-order valence-corrected chi connectivity index (χ4v) is 17.5. The zero-order valence-electron chi connectivity index (χ0n) is 57.6. The van der Waals surface area contributed by atoms with E-state index in [0.717, 1.165) is 91.1 Å². The zero-order chi connectivity index (χ0) is 62.1. The Morgan fingerprint density at radius 2 is 0.889 bits per heavy atom. The summed E-state index contributed by atoms with van der Waals surface area (Å²) in [6, 6.07) is 31.6. The zero-order valence-corrected chi connectivity index (χ0v) is 53.4.